The van der Waals surface area contributed by atoms with Gasteiger partial charge in [0, 0.05) is 6.20 Å². The predicted molar refractivity (Wildman–Crippen MR) is 142 cm³/mol. The normalized spacial score (nSPS) is 25.5. The molecule has 13 nitrogen and oxygen atoms in total. The van der Waals surface area contributed by atoms with E-state index >= 15 is 4.39 Å². The molecule has 14 heteroatoms. The van der Waals surface area contributed by atoms with Gasteiger partial charge in [0.15, 0.2) is 6.30 Å². The molecule has 0 radical (unpaired) electrons. The number of nitrogens with zero attached hydrogens (tertiary/aromatic N) is 2. The quantitative estimate of drug-likeness (QED) is 0.0540. The molecule has 0 saturated carbocycles. The van der Waals surface area contributed by atoms with Gasteiger partial charge in [-0.1, -0.05) is 84.0 Å². The van der Waals surface area contributed by atoms with Crippen molar-refractivity contribution in [2.45, 2.75) is 127 Å². The Bertz CT molecular complexity index is 1050. The van der Waals surface area contributed by atoms with Crippen LogP contribution < -0.4 is 17.0 Å². The highest BCUT2D eigenvalue weighted by molar-refractivity contribution is 5.91. The summed E-state index contributed by atoms with van der Waals surface area (Å²) in [6.07, 6.45) is 7.40. The third-order valence-corrected chi connectivity index (χ3v) is 7.43. The summed E-state index contributed by atoms with van der Waals surface area (Å²) in [5.74, 6) is -4.77. The fraction of sp³-hybridized carbons (Fsp3) is 0.808. The van der Waals surface area contributed by atoms with Gasteiger partial charge < -0.3 is 36.1 Å². The smallest absolute Gasteiger partial charge is 0.332 e. The number of amides is 1. The third-order valence-electron chi connectivity index (χ3n) is 7.43. The van der Waals surface area contributed by atoms with Crippen LogP contribution in [0.25, 0.3) is 0 Å². The molecule has 1 aromatic heterocycles. The highest BCUT2D eigenvalue weighted by Gasteiger charge is 2.71. The number of hydrogen-bond donors (Lipinski definition) is 7. The number of hydrogen-bond acceptors (Lipinski definition) is 10. The van der Waals surface area contributed by atoms with Gasteiger partial charge in [-0.15, -0.1) is 5.06 Å². The first kappa shape index (κ1) is 34.0. The third kappa shape index (κ3) is 7.75. The molecule has 1 aliphatic rings. The molecule has 1 unspecified atom stereocenters. The fourth-order valence-corrected chi connectivity index (χ4v) is 5.01. The molecule has 5 atom stereocenters. The fourth-order valence-electron chi connectivity index (χ4n) is 5.01. The molecule has 0 spiro atoms. The molecule has 2 rings (SSSR count). The number of H-pyrrole nitrogens is 1. The highest BCUT2D eigenvalue weighted by Crippen LogP contribution is 2.44. The second-order valence-corrected chi connectivity index (χ2v) is 10.5. The van der Waals surface area contributed by atoms with Gasteiger partial charge in [0.25, 0.3) is 11.5 Å². The highest BCUT2D eigenvalue weighted by atomic mass is 19.1. The molecule has 230 valence electrons. The standard InChI is InChI=1S/C26H45FN4O9/c1-2-3-4-5-6-7-8-9-10-11-12-13-14-15-20(27)31(39)25(37)21(33)19(17-32)40-26(25,38)30-16-18(22(28)34)23(35)29-24(30)36/h16,19-21,32-33,37-39H,2-15,17H2,1H3,(H2,28,34)(H,29,35,36)/t19-,20?,21-,25-,26+/m1/s1. The van der Waals surface area contributed by atoms with Gasteiger partial charge in [-0.05, 0) is 12.8 Å². The largest absolute Gasteiger partial charge is 0.394 e. The number of aromatic amines is 1. The van der Waals surface area contributed by atoms with Crippen molar-refractivity contribution < 1.29 is 39.6 Å². The summed E-state index contributed by atoms with van der Waals surface area (Å²) in [5.41, 5.74) is -1.85. The number of aliphatic hydroxyl groups excluding tert-OH is 2. The van der Waals surface area contributed by atoms with Crippen LogP contribution in [0.3, 0.4) is 0 Å². The number of aromatic nitrogens is 2. The molecule has 1 saturated heterocycles. The zero-order valence-corrected chi connectivity index (χ0v) is 23.1. The Kier molecular flexibility index (Phi) is 13.4. The molecule has 0 bridgehead atoms. The molecule has 1 fully saturated rings. The van der Waals surface area contributed by atoms with Crippen LogP contribution >= 0.6 is 0 Å². The van der Waals surface area contributed by atoms with Gasteiger partial charge in [0.05, 0.1) is 6.61 Å². The van der Waals surface area contributed by atoms with Gasteiger partial charge in [0.2, 0.25) is 5.72 Å². The van der Waals surface area contributed by atoms with Crippen molar-refractivity contribution in [1.82, 2.24) is 14.6 Å². The number of carbonyl (C=O) groups excluding carboxylic acids is 1. The van der Waals surface area contributed by atoms with Crippen molar-refractivity contribution >= 4 is 5.91 Å². The Balaban J connectivity index is 1.97. The minimum Gasteiger partial charge on any atom is -0.394 e. The van der Waals surface area contributed by atoms with E-state index in [4.69, 9.17) is 10.5 Å². The lowest BCUT2D eigenvalue weighted by atomic mass is 9.99. The summed E-state index contributed by atoms with van der Waals surface area (Å²) in [7, 11) is 0. The van der Waals surface area contributed by atoms with Gasteiger partial charge in [-0.3, -0.25) is 14.6 Å². The number of unbranched alkanes of at least 4 members (excludes halogenated alkanes) is 12. The molecule has 0 aromatic carbocycles. The summed E-state index contributed by atoms with van der Waals surface area (Å²) in [4.78, 5) is 37.6. The average Bonchev–Trinajstić information content (AvgIpc) is 3.12. The number of aliphatic hydroxyl groups is 4. The molecule has 1 aliphatic heterocycles. The lowest BCUT2D eigenvalue weighted by Crippen LogP contribution is -2.70. The summed E-state index contributed by atoms with van der Waals surface area (Å²) < 4.78 is 20.3. The number of hydroxylamine groups is 2. The van der Waals surface area contributed by atoms with E-state index in [1.807, 2.05) is 0 Å². The van der Waals surface area contributed by atoms with E-state index in [0.29, 0.717) is 19.0 Å². The van der Waals surface area contributed by atoms with E-state index in [1.54, 1.807) is 4.98 Å². The van der Waals surface area contributed by atoms with Crippen LogP contribution in [-0.4, -0.2) is 77.0 Å². The zero-order valence-electron chi connectivity index (χ0n) is 23.1. The lowest BCUT2D eigenvalue weighted by molar-refractivity contribution is -0.428. The topological polar surface area (TPSA) is 212 Å². The Morgan fingerprint density at radius 3 is 2.05 bits per heavy atom. The maximum atomic E-state index is 15.1. The Labute approximate surface area is 232 Å². The molecular formula is C26H45FN4O9. The van der Waals surface area contributed by atoms with Crippen LogP contribution in [0.15, 0.2) is 15.8 Å². The van der Waals surface area contributed by atoms with Crippen LogP contribution in [0.5, 0.6) is 0 Å². The molecule has 40 heavy (non-hydrogen) atoms. The van der Waals surface area contributed by atoms with Crippen LogP contribution in [0.1, 0.15) is 107 Å². The minimum absolute atomic E-state index is 0.0779. The second kappa shape index (κ2) is 15.7. The molecule has 8 N–H and O–H groups in total. The van der Waals surface area contributed by atoms with Crippen molar-refractivity contribution in [3.8, 4) is 0 Å². The summed E-state index contributed by atoms with van der Waals surface area (Å²) in [6, 6.07) is 0. The molecule has 0 aliphatic carbocycles. The van der Waals surface area contributed by atoms with E-state index in [0.717, 1.165) is 25.7 Å². The van der Waals surface area contributed by atoms with Crippen molar-refractivity contribution in [2.75, 3.05) is 6.61 Å². The van der Waals surface area contributed by atoms with Crippen molar-refractivity contribution in [1.29, 1.82) is 0 Å². The van der Waals surface area contributed by atoms with Crippen LogP contribution in [0.4, 0.5) is 4.39 Å². The maximum Gasteiger partial charge on any atom is 0.332 e. The first-order chi connectivity index (χ1) is 18.9. The van der Waals surface area contributed by atoms with E-state index in [9.17, 15) is 40.0 Å². The SMILES string of the molecule is CCCCCCCCCCCCCCCC(F)N(O)[C@@]1(O)[C@H](O)[C@@H](CO)O[C@]1(O)n1cc(C(N)=O)c(=O)[nH]c1=O. The van der Waals surface area contributed by atoms with Gasteiger partial charge >= 0.3 is 11.6 Å². The van der Waals surface area contributed by atoms with Crippen LogP contribution in [-0.2, 0) is 10.6 Å². The van der Waals surface area contributed by atoms with E-state index in [-0.39, 0.29) is 16.1 Å². The summed E-state index contributed by atoms with van der Waals surface area (Å²) in [5, 5.41) is 52.8. The van der Waals surface area contributed by atoms with Gasteiger partial charge in [-0.2, -0.15) is 0 Å². The number of nitrogens with two attached hydrogens (primary N) is 1. The number of halogens is 1. The number of ether oxygens (including phenoxy) is 1. The monoisotopic (exact) mass is 576 g/mol. The minimum atomic E-state index is -3.46. The predicted octanol–water partition coefficient (Wildman–Crippen LogP) is 1.15. The van der Waals surface area contributed by atoms with Crippen LogP contribution in [0.2, 0.25) is 0 Å². The maximum absolute atomic E-state index is 15.1. The number of carbonyl (C=O) groups is 1. The lowest BCUT2D eigenvalue weighted by Gasteiger charge is -2.43. The van der Waals surface area contributed by atoms with Gasteiger partial charge in [0.1, 0.15) is 17.8 Å². The Morgan fingerprint density at radius 1 is 1.07 bits per heavy atom. The molecule has 1 amide bonds. The second-order valence-electron chi connectivity index (χ2n) is 10.5. The molecular weight excluding hydrogens is 531 g/mol. The molecule has 1 aromatic rings. The zero-order chi connectivity index (χ0) is 29.9. The van der Waals surface area contributed by atoms with Crippen molar-refractivity contribution in [2.24, 2.45) is 5.73 Å². The molecule has 2 heterocycles. The number of primary amides is 1. The Hall–Kier alpha value is -2.20. The summed E-state index contributed by atoms with van der Waals surface area (Å²) in [6.45, 7) is 1.18. The average molecular weight is 577 g/mol. The van der Waals surface area contributed by atoms with E-state index < -0.39 is 59.5 Å². The first-order valence-corrected chi connectivity index (χ1v) is 14.2. The number of rotatable bonds is 19. The Morgan fingerprint density at radius 2 is 1.57 bits per heavy atom. The van der Waals surface area contributed by atoms with E-state index in [2.05, 4.69) is 6.92 Å². The summed E-state index contributed by atoms with van der Waals surface area (Å²) >= 11 is 0. The van der Waals surface area contributed by atoms with Gasteiger partial charge in [-0.25, -0.2) is 13.8 Å². The first-order valence-electron chi connectivity index (χ1n) is 14.2. The van der Waals surface area contributed by atoms with Crippen LogP contribution in [0, 0.1) is 0 Å². The van der Waals surface area contributed by atoms with E-state index in [1.165, 1.54) is 44.9 Å². The number of alkyl halides is 1. The van der Waals surface area contributed by atoms with Crippen molar-refractivity contribution in [3.05, 3.63) is 32.6 Å². The van der Waals surface area contributed by atoms with Crippen molar-refractivity contribution in [3.63, 3.8) is 0 Å². The number of nitrogens with one attached hydrogen (secondary N) is 1.